The van der Waals surface area contributed by atoms with Gasteiger partial charge in [-0.15, -0.1) is 0 Å². The predicted octanol–water partition coefficient (Wildman–Crippen LogP) is 2.42. The average Bonchev–Trinajstić information content (AvgIpc) is 3.64. The summed E-state index contributed by atoms with van der Waals surface area (Å²) in [6, 6.07) is 1.68. The van der Waals surface area contributed by atoms with Crippen molar-refractivity contribution in [3.63, 3.8) is 0 Å². The number of hydrogen-bond donors (Lipinski definition) is 2. The second kappa shape index (κ2) is 9.18. The number of ether oxygens (including phenoxy) is 3. The number of methoxy groups -OCH3 is 2. The molecule has 1 aromatic heterocycles. The molecular formula is C23H32N4O4. The Kier molecular flexibility index (Phi) is 6.36. The van der Waals surface area contributed by atoms with Gasteiger partial charge in [0.15, 0.2) is 11.5 Å². The number of allylic oxidation sites excluding steroid dienone is 1. The Morgan fingerprint density at radius 3 is 2.58 bits per heavy atom. The third-order valence-corrected chi connectivity index (χ3v) is 6.36. The largest absolute Gasteiger partial charge is 0.497 e. The summed E-state index contributed by atoms with van der Waals surface area (Å²) in [4.78, 5) is 19.3. The van der Waals surface area contributed by atoms with Crippen LogP contribution in [0.1, 0.15) is 43.1 Å². The molecule has 0 aromatic carbocycles. The summed E-state index contributed by atoms with van der Waals surface area (Å²) in [5.41, 5.74) is 7.40. The highest BCUT2D eigenvalue weighted by molar-refractivity contribution is 5.93. The summed E-state index contributed by atoms with van der Waals surface area (Å²) >= 11 is 0. The van der Waals surface area contributed by atoms with E-state index in [1.54, 1.807) is 26.5 Å². The zero-order valence-electron chi connectivity index (χ0n) is 18.5. The van der Waals surface area contributed by atoms with Gasteiger partial charge in [0.05, 0.1) is 32.7 Å². The number of carbonyl (C=O) groups is 1. The minimum Gasteiger partial charge on any atom is -0.497 e. The first-order chi connectivity index (χ1) is 15.0. The maximum atomic E-state index is 13.1. The van der Waals surface area contributed by atoms with Gasteiger partial charge >= 0.3 is 0 Å². The maximum absolute atomic E-state index is 13.1. The lowest BCUT2D eigenvalue weighted by molar-refractivity contribution is 0.0693. The summed E-state index contributed by atoms with van der Waals surface area (Å²) in [6.07, 6.45) is 9.43. The van der Waals surface area contributed by atoms with Crippen LogP contribution in [0, 0.1) is 11.8 Å². The van der Waals surface area contributed by atoms with Gasteiger partial charge in [0, 0.05) is 30.9 Å². The number of pyridine rings is 1. The first-order valence-corrected chi connectivity index (χ1v) is 11.0. The van der Waals surface area contributed by atoms with E-state index in [0.29, 0.717) is 42.1 Å². The number of hydrogen-bond acceptors (Lipinski definition) is 7. The highest BCUT2D eigenvalue weighted by atomic mass is 16.5. The second-order valence-corrected chi connectivity index (χ2v) is 8.47. The number of nitrogens with zero attached hydrogens (tertiary/aromatic N) is 2. The van der Waals surface area contributed by atoms with Crippen LogP contribution in [0.4, 0.5) is 0 Å². The first kappa shape index (κ1) is 21.5. The van der Waals surface area contributed by atoms with Crippen LogP contribution in [0.5, 0.6) is 11.5 Å². The molecule has 2 fully saturated rings. The summed E-state index contributed by atoms with van der Waals surface area (Å²) in [6.45, 7) is 3.38. The molecule has 31 heavy (non-hydrogen) atoms. The lowest BCUT2D eigenvalue weighted by atomic mass is 9.87. The molecule has 1 aliphatic carbocycles. The maximum Gasteiger partial charge on any atom is 0.272 e. The monoisotopic (exact) mass is 428 g/mol. The van der Waals surface area contributed by atoms with Crippen LogP contribution < -0.4 is 20.5 Å². The van der Waals surface area contributed by atoms with Gasteiger partial charge in [-0.1, -0.05) is 0 Å². The van der Waals surface area contributed by atoms with Gasteiger partial charge in [-0.2, -0.15) is 0 Å². The van der Waals surface area contributed by atoms with Crippen molar-refractivity contribution < 1.29 is 19.0 Å². The first-order valence-electron chi connectivity index (χ1n) is 11.0. The van der Waals surface area contributed by atoms with Crippen LogP contribution in [0.25, 0.3) is 0 Å². The summed E-state index contributed by atoms with van der Waals surface area (Å²) in [5, 5.41) is 3.14. The van der Waals surface area contributed by atoms with Crippen molar-refractivity contribution in [2.75, 3.05) is 27.3 Å². The van der Waals surface area contributed by atoms with Crippen molar-refractivity contribution >= 4 is 5.91 Å². The topological polar surface area (TPSA) is 98.9 Å². The number of likely N-dealkylation sites (tertiary alicyclic amines) is 1. The van der Waals surface area contributed by atoms with Crippen molar-refractivity contribution in [1.29, 1.82) is 0 Å². The summed E-state index contributed by atoms with van der Waals surface area (Å²) in [7, 11) is 3.25. The molecule has 0 spiro atoms. The minimum absolute atomic E-state index is 0.0844. The van der Waals surface area contributed by atoms with Crippen LogP contribution in [-0.4, -0.2) is 55.4 Å². The van der Waals surface area contributed by atoms with Crippen molar-refractivity contribution in [1.82, 2.24) is 15.2 Å². The second-order valence-electron chi connectivity index (χ2n) is 8.47. The molecule has 1 amide bonds. The van der Waals surface area contributed by atoms with Crippen molar-refractivity contribution in [3.8, 4) is 11.5 Å². The van der Waals surface area contributed by atoms with Crippen LogP contribution >= 0.6 is 0 Å². The van der Waals surface area contributed by atoms with Crippen molar-refractivity contribution in [3.05, 3.63) is 41.6 Å². The SMILES string of the molecule is COC1=CC(N)NC=C1C1CCN(C(=O)c2cc(OC)c(OC(C)C3CC3)cn2)CC1. The Bertz CT molecular complexity index is 872. The normalized spacial score (nSPS) is 22.7. The molecule has 1 saturated carbocycles. The summed E-state index contributed by atoms with van der Waals surface area (Å²) < 4.78 is 17.0. The average molecular weight is 429 g/mol. The molecule has 2 unspecified atom stereocenters. The van der Waals surface area contributed by atoms with Crippen LogP contribution in [0.15, 0.2) is 35.9 Å². The molecule has 0 radical (unpaired) electrons. The van der Waals surface area contributed by atoms with E-state index < -0.39 is 0 Å². The highest BCUT2D eigenvalue weighted by Crippen LogP contribution is 2.37. The van der Waals surface area contributed by atoms with Gasteiger partial charge in [0.2, 0.25) is 0 Å². The Morgan fingerprint density at radius 1 is 1.19 bits per heavy atom. The van der Waals surface area contributed by atoms with E-state index >= 15 is 0 Å². The quantitative estimate of drug-likeness (QED) is 0.688. The lowest BCUT2D eigenvalue weighted by Crippen LogP contribution is -2.41. The predicted molar refractivity (Wildman–Crippen MR) is 117 cm³/mol. The molecule has 1 aromatic rings. The third kappa shape index (κ3) is 4.79. The van der Waals surface area contributed by atoms with Gasteiger partial charge < -0.3 is 30.2 Å². The Morgan fingerprint density at radius 2 is 1.94 bits per heavy atom. The van der Waals surface area contributed by atoms with E-state index in [1.807, 2.05) is 17.2 Å². The fourth-order valence-corrected chi connectivity index (χ4v) is 4.28. The Balaban J connectivity index is 1.39. The number of aromatic nitrogens is 1. The fraction of sp³-hybridized carbons (Fsp3) is 0.565. The number of carbonyl (C=O) groups excluding carboxylic acids is 1. The molecule has 2 atom stereocenters. The number of nitrogens with two attached hydrogens (primary N) is 1. The van der Waals surface area contributed by atoms with E-state index in [2.05, 4.69) is 17.2 Å². The number of nitrogens with one attached hydrogen (secondary N) is 1. The van der Waals surface area contributed by atoms with Crippen LogP contribution in [0.3, 0.4) is 0 Å². The molecule has 168 valence electrons. The van der Waals surface area contributed by atoms with Gasteiger partial charge in [-0.25, -0.2) is 4.98 Å². The molecule has 3 N–H and O–H groups in total. The number of rotatable bonds is 7. The third-order valence-electron chi connectivity index (χ3n) is 6.36. The molecule has 8 heteroatoms. The zero-order chi connectivity index (χ0) is 22.0. The Labute approximate surface area is 183 Å². The number of piperidine rings is 1. The van der Waals surface area contributed by atoms with E-state index in [0.717, 1.165) is 24.2 Å². The van der Waals surface area contributed by atoms with Crippen LogP contribution in [0.2, 0.25) is 0 Å². The fourth-order valence-electron chi connectivity index (χ4n) is 4.28. The lowest BCUT2D eigenvalue weighted by Gasteiger charge is -2.34. The highest BCUT2D eigenvalue weighted by Gasteiger charge is 2.31. The summed E-state index contributed by atoms with van der Waals surface area (Å²) in [5.74, 6) is 2.79. The molecule has 2 aliphatic heterocycles. The molecular weight excluding hydrogens is 396 g/mol. The molecule has 3 heterocycles. The van der Waals surface area contributed by atoms with Gasteiger partial charge in [-0.3, -0.25) is 4.79 Å². The van der Waals surface area contributed by atoms with Gasteiger partial charge in [0.25, 0.3) is 5.91 Å². The van der Waals surface area contributed by atoms with Gasteiger partial charge in [-0.05, 0) is 50.5 Å². The molecule has 8 nitrogen and oxygen atoms in total. The molecule has 1 saturated heterocycles. The molecule has 4 rings (SSSR count). The van der Waals surface area contributed by atoms with E-state index in [9.17, 15) is 4.79 Å². The van der Waals surface area contributed by atoms with E-state index in [-0.39, 0.29) is 18.2 Å². The van der Waals surface area contributed by atoms with Gasteiger partial charge in [0.1, 0.15) is 11.5 Å². The Hall–Kier alpha value is -2.74. The minimum atomic E-state index is -0.236. The zero-order valence-corrected chi connectivity index (χ0v) is 18.5. The smallest absolute Gasteiger partial charge is 0.272 e. The van der Waals surface area contributed by atoms with E-state index in [4.69, 9.17) is 19.9 Å². The van der Waals surface area contributed by atoms with Crippen molar-refractivity contribution in [2.45, 2.75) is 44.9 Å². The molecule has 3 aliphatic rings. The van der Waals surface area contributed by atoms with Crippen molar-refractivity contribution in [2.24, 2.45) is 17.6 Å². The number of dihydropyridines is 1. The molecule has 0 bridgehead atoms. The standard InChI is InChI=1S/C23H32N4O4/c1-14(15-4-5-15)31-21-13-25-18(10-20(21)30-3)23(28)27-8-6-16(7-9-27)17-12-26-22(24)11-19(17)29-2/h10-16,22,26H,4-9,24H2,1-3H3. The number of amides is 1. The van der Waals surface area contributed by atoms with E-state index in [1.165, 1.54) is 12.8 Å². The van der Waals surface area contributed by atoms with Crippen LogP contribution in [-0.2, 0) is 4.74 Å².